The first kappa shape index (κ1) is 28.6. The van der Waals surface area contributed by atoms with E-state index in [4.69, 9.17) is 9.47 Å². The van der Waals surface area contributed by atoms with E-state index in [9.17, 15) is 27.9 Å². The Balaban J connectivity index is 1.59. The number of rotatable bonds is 10. The second-order valence-electron chi connectivity index (χ2n) is 9.76. The number of nitrogens with zero attached hydrogens (tertiary/aromatic N) is 3. The van der Waals surface area contributed by atoms with Gasteiger partial charge in [0.2, 0.25) is 5.91 Å². The van der Waals surface area contributed by atoms with E-state index in [1.54, 1.807) is 6.92 Å². The van der Waals surface area contributed by atoms with Crippen molar-refractivity contribution >= 4 is 39.9 Å². The minimum absolute atomic E-state index is 0.0182. The van der Waals surface area contributed by atoms with Crippen LogP contribution in [0.5, 0.6) is 0 Å². The predicted molar refractivity (Wildman–Crippen MR) is 140 cm³/mol. The average Bonchev–Trinajstić information content (AvgIpc) is 3.49. The van der Waals surface area contributed by atoms with Gasteiger partial charge in [0.05, 0.1) is 24.1 Å². The number of likely N-dealkylation sites (tertiary alicyclic amines) is 1. The number of amides is 2. The molecule has 3 saturated heterocycles. The first-order valence-corrected chi connectivity index (χ1v) is 14.8. The maximum Gasteiger partial charge on any atom is 0.410 e. The summed E-state index contributed by atoms with van der Waals surface area (Å²) < 4.78 is 39.0. The molecule has 0 spiro atoms. The Labute approximate surface area is 226 Å². The first-order chi connectivity index (χ1) is 18.0. The number of carbonyl (C=O) groups excluding carboxylic acids is 3. The zero-order valence-corrected chi connectivity index (χ0v) is 23.1. The Kier molecular flexibility index (Phi) is 8.57. The Bertz CT molecular complexity index is 1140. The number of β-lactam (4-membered cyclic amide) rings is 1. The molecule has 4 rings (SSSR count). The molecule has 4 heterocycles. The Morgan fingerprint density at radius 3 is 2.55 bits per heavy atom. The minimum atomic E-state index is -3.61. The molecule has 0 bridgehead atoms. The van der Waals surface area contributed by atoms with Gasteiger partial charge in [0.15, 0.2) is 0 Å². The van der Waals surface area contributed by atoms with Crippen LogP contribution in [-0.2, 0) is 29.3 Å². The lowest BCUT2D eigenvalue weighted by Crippen LogP contribution is -2.63. The number of esters is 1. The van der Waals surface area contributed by atoms with Crippen molar-refractivity contribution < 1.29 is 37.4 Å². The predicted octanol–water partition coefficient (Wildman–Crippen LogP) is 0.433. The molecule has 14 heteroatoms. The third kappa shape index (κ3) is 5.24. The molecule has 2 amide bonds. The summed E-state index contributed by atoms with van der Waals surface area (Å²) in [5, 5.41) is 10.00. The quantitative estimate of drug-likeness (QED) is 0.217. The van der Waals surface area contributed by atoms with Crippen LogP contribution in [0.15, 0.2) is 35.9 Å². The molecule has 0 unspecified atom stereocenters. The third-order valence-corrected chi connectivity index (χ3v) is 10.3. The normalized spacial score (nSPS) is 31.1. The van der Waals surface area contributed by atoms with E-state index in [2.05, 4.69) is 17.9 Å². The van der Waals surface area contributed by atoms with Crippen LogP contribution < -0.4 is 4.72 Å². The summed E-state index contributed by atoms with van der Waals surface area (Å²) in [6.45, 7) is 11.5. The minimum Gasteiger partial charge on any atom is -0.457 e. The molecule has 4 aliphatic rings. The highest BCUT2D eigenvalue weighted by atomic mass is 32.2. The second kappa shape index (κ2) is 11.4. The van der Waals surface area contributed by atoms with Crippen molar-refractivity contribution in [1.82, 2.24) is 18.8 Å². The number of fused-ring (bicyclic) bond motifs is 1. The largest absolute Gasteiger partial charge is 0.457 e. The van der Waals surface area contributed by atoms with Crippen molar-refractivity contribution in [2.24, 2.45) is 11.8 Å². The molecule has 0 aromatic rings. The van der Waals surface area contributed by atoms with E-state index < -0.39 is 40.3 Å². The van der Waals surface area contributed by atoms with Crippen molar-refractivity contribution in [2.75, 3.05) is 39.4 Å². The molecule has 4 aliphatic heterocycles. The summed E-state index contributed by atoms with van der Waals surface area (Å²) in [4.78, 5) is 42.4. The molecule has 3 fully saturated rings. The van der Waals surface area contributed by atoms with Gasteiger partial charge in [-0.05, 0) is 13.3 Å². The maximum absolute atomic E-state index is 13.0. The summed E-state index contributed by atoms with van der Waals surface area (Å²) in [6, 6.07) is -0.820. The number of hydrogen-bond acceptors (Lipinski definition) is 9. The molecule has 12 nitrogen and oxygen atoms in total. The average molecular weight is 571 g/mol. The molecule has 210 valence electrons. The summed E-state index contributed by atoms with van der Waals surface area (Å²) in [5.74, 6) is -1.85. The standard InChI is InChI=1S/C24H34N4O8S2/c1-5-9-35-23(31)20-21(14(3)19-18(15(4)29)22(30)28(19)20)37-17-11-16(12-26-8-7-25-38(26,33)34)27(13-17)24(32)36-10-6-2/h5-6,14-19,25,29H,1-2,7-13H2,3-4H3/t14-,15-,16+,17+,18-,19-/m1/s1. The maximum atomic E-state index is 13.0. The molecule has 0 aromatic carbocycles. The highest BCUT2D eigenvalue weighted by molar-refractivity contribution is 8.03. The summed E-state index contributed by atoms with van der Waals surface area (Å²) in [7, 11) is -3.61. The van der Waals surface area contributed by atoms with Gasteiger partial charge in [0.25, 0.3) is 10.2 Å². The number of hydrogen-bond donors (Lipinski definition) is 2. The van der Waals surface area contributed by atoms with E-state index in [1.165, 1.54) is 38.0 Å². The van der Waals surface area contributed by atoms with Gasteiger partial charge in [-0.3, -0.25) is 4.79 Å². The van der Waals surface area contributed by atoms with E-state index in [0.29, 0.717) is 24.4 Å². The topological polar surface area (TPSA) is 146 Å². The second-order valence-corrected chi connectivity index (χ2v) is 12.9. The zero-order valence-electron chi connectivity index (χ0n) is 21.4. The molecule has 0 aliphatic carbocycles. The van der Waals surface area contributed by atoms with Gasteiger partial charge in [0.1, 0.15) is 18.9 Å². The van der Waals surface area contributed by atoms with Crippen LogP contribution in [0.1, 0.15) is 20.3 Å². The molecular weight excluding hydrogens is 536 g/mol. The zero-order chi connectivity index (χ0) is 27.8. The highest BCUT2D eigenvalue weighted by Crippen LogP contribution is 2.52. The number of aliphatic hydroxyl groups is 1. The van der Waals surface area contributed by atoms with Gasteiger partial charge in [-0.15, -0.1) is 11.8 Å². The third-order valence-electron chi connectivity index (χ3n) is 7.26. The van der Waals surface area contributed by atoms with Gasteiger partial charge < -0.3 is 24.4 Å². The van der Waals surface area contributed by atoms with Gasteiger partial charge in [-0.2, -0.15) is 12.7 Å². The van der Waals surface area contributed by atoms with Crippen LogP contribution in [0.2, 0.25) is 0 Å². The van der Waals surface area contributed by atoms with Gasteiger partial charge in [-0.25, -0.2) is 14.3 Å². The summed E-state index contributed by atoms with van der Waals surface area (Å²) >= 11 is 1.39. The van der Waals surface area contributed by atoms with Crippen molar-refractivity contribution in [3.8, 4) is 0 Å². The van der Waals surface area contributed by atoms with Gasteiger partial charge in [0, 0.05) is 42.3 Å². The van der Waals surface area contributed by atoms with Crippen LogP contribution in [0.3, 0.4) is 0 Å². The van der Waals surface area contributed by atoms with Gasteiger partial charge in [-0.1, -0.05) is 32.2 Å². The molecular formula is C24H34N4O8S2. The van der Waals surface area contributed by atoms with Crippen molar-refractivity contribution in [3.63, 3.8) is 0 Å². The Hall–Kier alpha value is -2.39. The fourth-order valence-electron chi connectivity index (χ4n) is 5.56. The van der Waals surface area contributed by atoms with Crippen molar-refractivity contribution in [3.05, 3.63) is 35.9 Å². The molecule has 38 heavy (non-hydrogen) atoms. The van der Waals surface area contributed by atoms with Crippen LogP contribution in [0, 0.1) is 11.8 Å². The lowest BCUT2D eigenvalue weighted by molar-refractivity contribution is -0.164. The molecule has 2 N–H and O–H groups in total. The fraction of sp³-hybridized carbons (Fsp3) is 0.625. The van der Waals surface area contributed by atoms with Crippen LogP contribution >= 0.6 is 11.8 Å². The monoisotopic (exact) mass is 570 g/mol. The number of ether oxygens (including phenoxy) is 2. The number of aliphatic hydroxyl groups excluding tert-OH is 1. The smallest absolute Gasteiger partial charge is 0.410 e. The summed E-state index contributed by atoms with van der Waals surface area (Å²) in [6.07, 6.45) is 1.89. The number of carbonyl (C=O) groups is 3. The lowest BCUT2D eigenvalue weighted by atomic mass is 9.79. The first-order valence-electron chi connectivity index (χ1n) is 12.5. The fourth-order valence-corrected chi connectivity index (χ4v) is 8.35. The summed E-state index contributed by atoms with van der Waals surface area (Å²) in [5.41, 5.74) is 0.159. The van der Waals surface area contributed by atoms with Crippen molar-refractivity contribution in [2.45, 2.75) is 43.7 Å². The van der Waals surface area contributed by atoms with Crippen LogP contribution in [0.4, 0.5) is 4.79 Å². The van der Waals surface area contributed by atoms with Crippen LogP contribution in [0.25, 0.3) is 0 Å². The molecule has 0 saturated carbocycles. The number of nitrogens with one attached hydrogen (secondary N) is 1. The van der Waals surface area contributed by atoms with Gasteiger partial charge >= 0.3 is 12.1 Å². The SMILES string of the molecule is C=CCOC(=O)C1=C(S[C@H]2C[C@@H](CN3CCNS3(=O)=O)N(C(=O)OCC=C)C2)[C@H](C)[C@@H]2[C@@H]([C@@H](C)O)C(=O)N12. The highest BCUT2D eigenvalue weighted by Gasteiger charge is 2.60. The van der Waals surface area contributed by atoms with E-state index >= 15 is 0 Å². The van der Waals surface area contributed by atoms with Crippen molar-refractivity contribution in [1.29, 1.82) is 0 Å². The van der Waals surface area contributed by atoms with Crippen LogP contribution in [-0.4, -0.2) is 108 Å². The lowest BCUT2D eigenvalue weighted by Gasteiger charge is -2.46. The Morgan fingerprint density at radius 1 is 1.26 bits per heavy atom. The number of thioether (sulfide) groups is 1. The molecule has 0 radical (unpaired) electrons. The van der Waals surface area contributed by atoms with E-state index in [1.807, 2.05) is 6.92 Å². The van der Waals surface area contributed by atoms with E-state index in [0.717, 1.165) is 0 Å². The Morgan fingerprint density at radius 2 is 1.95 bits per heavy atom. The molecule has 6 atom stereocenters. The molecule has 0 aromatic heterocycles. The van der Waals surface area contributed by atoms with E-state index in [-0.39, 0.29) is 55.1 Å².